The first kappa shape index (κ1) is 52.7. The molecule has 8 heteroatoms. The summed E-state index contributed by atoms with van der Waals surface area (Å²) in [6.45, 7) is 5.66. The van der Waals surface area contributed by atoms with Crippen LogP contribution in [0.4, 0.5) is 0 Å². The lowest BCUT2D eigenvalue weighted by atomic mass is 10.1. The second kappa shape index (κ2) is 40.8. The molecule has 0 aliphatic heterocycles. The molecule has 0 aliphatic carbocycles. The first-order chi connectivity index (χ1) is 24.9. The van der Waals surface area contributed by atoms with Gasteiger partial charge in [0.25, 0.3) is 0 Å². The lowest BCUT2D eigenvalue weighted by Gasteiger charge is -2.36. The van der Waals surface area contributed by atoms with Crippen molar-refractivity contribution in [2.24, 2.45) is 0 Å². The zero-order valence-electron chi connectivity index (χ0n) is 34.3. The van der Waals surface area contributed by atoms with Gasteiger partial charge in [-0.1, -0.05) is 141 Å². The van der Waals surface area contributed by atoms with Crippen molar-refractivity contribution in [2.45, 2.75) is 200 Å². The fourth-order valence-corrected chi connectivity index (χ4v) is 6.58. The van der Waals surface area contributed by atoms with Gasteiger partial charge in [-0.25, -0.2) is 0 Å². The summed E-state index contributed by atoms with van der Waals surface area (Å²) in [7, 11) is 1.92. The Balaban J connectivity index is 0. The smallest absolute Gasteiger partial charge is 0.306 e. The van der Waals surface area contributed by atoms with Crippen molar-refractivity contribution < 1.29 is 46.2 Å². The fraction of sp³-hybridized carbons (Fsp3) is 0.864. The number of likely N-dealkylation sites (N-methyl/N-ethyl adjacent to an activating group) is 1. The number of carbonyl (C=O) groups excluding carboxylic acids is 2. The maximum absolute atomic E-state index is 12.8. The molecule has 0 aliphatic rings. The third-order valence-electron chi connectivity index (χ3n) is 9.94. The van der Waals surface area contributed by atoms with Crippen molar-refractivity contribution in [2.75, 3.05) is 46.5 Å². The maximum Gasteiger partial charge on any atom is 0.306 e. The van der Waals surface area contributed by atoms with Gasteiger partial charge in [-0.15, -0.1) is 0 Å². The first-order valence-electron chi connectivity index (χ1n) is 21.6. The van der Waals surface area contributed by atoms with E-state index < -0.39 is 6.10 Å². The standard InChI is InChI=1S/C44H84NO6.ClH/c1-4-6-8-10-12-14-16-18-20-22-24-26-28-30-32-34-43(48)50-41-42(40-45(3,36-38-46)37-39-47)51-44(49)35-33-31-29-27-25-23-21-19-17-15-13-11-9-7-5-2;/h18-21,42,46-47H,4-17,22-41H2,1-3H3;1H/q+1;/p-1/b20-18-,21-19-;. The highest BCUT2D eigenvalue weighted by Crippen LogP contribution is 2.14. The van der Waals surface area contributed by atoms with Gasteiger partial charge in [-0.05, 0) is 64.2 Å². The van der Waals surface area contributed by atoms with E-state index in [9.17, 15) is 19.8 Å². The van der Waals surface area contributed by atoms with Gasteiger partial charge in [0.1, 0.15) is 26.2 Å². The minimum absolute atomic E-state index is 0. The quantitative estimate of drug-likeness (QED) is 0.0286. The summed E-state index contributed by atoms with van der Waals surface area (Å²) in [6.07, 6.45) is 40.8. The predicted octanol–water partition coefficient (Wildman–Crippen LogP) is 7.95. The van der Waals surface area contributed by atoms with Crippen LogP contribution in [0.3, 0.4) is 0 Å². The molecule has 0 aromatic carbocycles. The molecular weight excluding hydrogens is 674 g/mol. The Hall–Kier alpha value is -1.41. The number of hydrogen-bond acceptors (Lipinski definition) is 6. The van der Waals surface area contributed by atoms with Crippen molar-refractivity contribution in [3.8, 4) is 0 Å². The highest BCUT2D eigenvalue weighted by Gasteiger charge is 2.29. The van der Waals surface area contributed by atoms with E-state index in [1.165, 1.54) is 116 Å². The van der Waals surface area contributed by atoms with Gasteiger partial charge in [0, 0.05) is 12.8 Å². The Morgan fingerprint density at radius 3 is 1.27 bits per heavy atom. The molecule has 7 nitrogen and oxygen atoms in total. The summed E-state index contributed by atoms with van der Waals surface area (Å²) in [5.74, 6) is -0.532. The van der Waals surface area contributed by atoms with Crippen LogP contribution in [-0.4, -0.2) is 79.2 Å². The van der Waals surface area contributed by atoms with E-state index in [2.05, 4.69) is 38.2 Å². The van der Waals surface area contributed by atoms with Gasteiger partial charge in [-0.3, -0.25) is 9.59 Å². The number of quaternary nitrogens is 1. The molecular formula is C44H84ClNO6. The number of aliphatic hydroxyl groups excluding tert-OH is 2. The minimum Gasteiger partial charge on any atom is -1.00 e. The Kier molecular flexibility index (Phi) is 41.3. The van der Waals surface area contributed by atoms with Crippen molar-refractivity contribution in [3.05, 3.63) is 24.3 Å². The Morgan fingerprint density at radius 1 is 0.538 bits per heavy atom. The minimum atomic E-state index is -0.609. The molecule has 0 aromatic heterocycles. The largest absolute Gasteiger partial charge is 1.00 e. The number of unbranched alkanes of at least 4 members (excludes halogenated alkanes) is 22. The van der Waals surface area contributed by atoms with Gasteiger partial charge in [-0.2, -0.15) is 0 Å². The summed E-state index contributed by atoms with van der Waals surface area (Å²) in [5, 5.41) is 19.2. The monoisotopic (exact) mass is 758 g/mol. The van der Waals surface area contributed by atoms with E-state index in [4.69, 9.17) is 9.47 Å². The van der Waals surface area contributed by atoms with Gasteiger partial charge >= 0.3 is 11.9 Å². The van der Waals surface area contributed by atoms with E-state index >= 15 is 0 Å². The van der Waals surface area contributed by atoms with E-state index in [0.717, 1.165) is 51.4 Å². The molecule has 0 aromatic rings. The number of aliphatic hydroxyl groups is 2. The SMILES string of the molecule is CCCCCCCC/C=C\CCCCCCCC(=O)OCC(C[N+](C)(CCO)CCO)OC(=O)CCCCCCC/C=C\CCCCCCCC.[Cl-]. The van der Waals surface area contributed by atoms with Gasteiger partial charge in [0.15, 0.2) is 6.10 Å². The third-order valence-corrected chi connectivity index (χ3v) is 9.94. The Labute approximate surface area is 327 Å². The van der Waals surface area contributed by atoms with E-state index in [0.29, 0.717) is 37.0 Å². The maximum atomic E-state index is 12.8. The summed E-state index contributed by atoms with van der Waals surface area (Å²) >= 11 is 0. The lowest BCUT2D eigenvalue weighted by molar-refractivity contribution is -0.912. The second-order valence-electron chi connectivity index (χ2n) is 15.2. The van der Waals surface area contributed by atoms with Crippen LogP contribution >= 0.6 is 0 Å². The molecule has 1 atom stereocenters. The molecule has 0 heterocycles. The molecule has 0 rings (SSSR count). The summed E-state index contributed by atoms with van der Waals surface area (Å²) in [4.78, 5) is 25.3. The van der Waals surface area contributed by atoms with Gasteiger partial charge < -0.3 is 36.6 Å². The third kappa shape index (κ3) is 36.9. The number of esters is 2. The molecule has 0 fully saturated rings. The number of halogens is 1. The Bertz CT molecular complexity index is 830. The van der Waals surface area contributed by atoms with Crippen LogP contribution in [0.1, 0.15) is 194 Å². The number of carbonyl (C=O) groups is 2. The van der Waals surface area contributed by atoms with Crippen LogP contribution < -0.4 is 12.4 Å². The zero-order chi connectivity index (χ0) is 37.5. The fourth-order valence-electron chi connectivity index (χ4n) is 6.58. The molecule has 0 spiro atoms. The molecule has 0 saturated carbocycles. The van der Waals surface area contributed by atoms with E-state index in [1.54, 1.807) is 0 Å². The zero-order valence-corrected chi connectivity index (χ0v) is 35.0. The highest BCUT2D eigenvalue weighted by atomic mass is 35.5. The summed E-state index contributed by atoms with van der Waals surface area (Å²) in [6, 6.07) is 0. The molecule has 0 saturated heterocycles. The molecule has 52 heavy (non-hydrogen) atoms. The number of ether oxygens (including phenoxy) is 2. The van der Waals surface area contributed by atoms with Crippen LogP contribution in [0.5, 0.6) is 0 Å². The average Bonchev–Trinajstić information content (AvgIpc) is 3.10. The number of nitrogens with zero attached hydrogens (tertiary/aromatic N) is 1. The molecule has 2 N–H and O–H groups in total. The second-order valence-corrected chi connectivity index (χ2v) is 15.2. The van der Waals surface area contributed by atoms with Crippen molar-refractivity contribution in [1.29, 1.82) is 0 Å². The molecule has 0 radical (unpaired) electrons. The Morgan fingerprint density at radius 2 is 0.885 bits per heavy atom. The lowest BCUT2D eigenvalue weighted by Crippen LogP contribution is -3.00. The molecule has 0 bridgehead atoms. The average molecular weight is 759 g/mol. The highest BCUT2D eigenvalue weighted by molar-refractivity contribution is 5.70. The topological polar surface area (TPSA) is 93.1 Å². The molecule has 308 valence electrons. The van der Waals surface area contributed by atoms with Crippen LogP contribution in [-0.2, 0) is 19.1 Å². The normalized spacial score (nSPS) is 12.4. The molecule has 0 amide bonds. The van der Waals surface area contributed by atoms with Gasteiger partial charge in [0.2, 0.25) is 0 Å². The van der Waals surface area contributed by atoms with E-state index in [1.807, 2.05) is 7.05 Å². The number of hydrogen-bond donors (Lipinski definition) is 2. The summed E-state index contributed by atoms with van der Waals surface area (Å²) < 4.78 is 11.8. The van der Waals surface area contributed by atoms with Crippen molar-refractivity contribution in [1.82, 2.24) is 0 Å². The van der Waals surface area contributed by atoms with E-state index in [-0.39, 0.29) is 44.2 Å². The first-order valence-corrected chi connectivity index (χ1v) is 21.6. The number of allylic oxidation sites excluding steroid dienone is 4. The van der Waals surface area contributed by atoms with Crippen LogP contribution in [0.25, 0.3) is 0 Å². The van der Waals surface area contributed by atoms with Crippen molar-refractivity contribution in [3.63, 3.8) is 0 Å². The van der Waals surface area contributed by atoms with Crippen LogP contribution in [0, 0.1) is 0 Å². The van der Waals surface area contributed by atoms with Crippen molar-refractivity contribution >= 4 is 11.9 Å². The predicted molar refractivity (Wildman–Crippen MR) is 215 cm³/mol. The van der Waals surface area contributed by atoms with Crippen LogP contribution in [0.15, 0.2) is 24.3 Å². The van der Waals surface area contributed by atoms with Gasteiger partial charge in [0.05, 0.1) is 20.3 Å². The number of rotatable bonds is 39. The van der Waals surface area contributed by atoms with Crippen LogP contribution in [0.2, 0.25) is 0 Å². The molecule has 1 unspecified atom stereocenters. The summed E-state index contributed by atoms with van der Waals surface area (Å²) in [5.41, 5.74) is 0.